The second kappa shape index (κ2) is 6.44. The summed E-state index contributed by atoms with van der Waals surface area (Å²) in [5, 5.41) is 4.58. The summed E-state index contributed by atoms with van der Waals surface area (Å²) in [5.74, 6) is 0.913. The topological polar surface area (TPSA) is 27.1 Å². The maximum atomic E-state index is 5.94. The van der Waals surface area contributed by atoms with Gasteiger partial charge in [-0.15, -0.1) is 0 Å². The van der Waals surface area contributed by atoms with Gasteiger partial charge >= 0.3 is 0 Å². The zero-order chi connectivity index (χ0) is 14.7. The molecule has 20 heavy (non-hydrogen) atoms. The second-order valence-electron chi connectivity index (χ2n) is 4.99. The van der Waals surface area contributed by atoms with Crippen molar-refractivity contribution in [3.8, 4) is 5.75 Å². The smallest absolute Gasteiger partial charge is 0.131 e. The Morgan fingerprint density at radius 3 is 2.35 bits per heavy atom. The summed E-state index contributed by atoms with van der Waals surface area (Å²) in [5.41, 5.74) is 4.63. The van der Waals surface area contributed by atoms with Gasteiger partial charge in [0.15, 0.2) is 0 Å². The summed E-state index contributed by atoms with van der Waals surface area (Å²) >= 11 is 3.64. The number of aryl methyl sites for hydroxylation is 4. The number of rotatable bonds is 5. The number of nitrogens with zero attached hydrogens (tertiary/aromatic N) is 2. The average molecular weight is 337 g/mol. The molecule has 0 saturated heterocycles. The van der Waals surface area contributed by atoms with Gasteiger partial charge in [-0.1, -0.05) is 13.0 Å². The molecule has 0 unspecified atom stereocenters. The Morgan fingerprint density at radius 1 is 1.15 bits per heavy atom. The van der Waals surface area contributed by atoms with Crippen LogP contribution < -0.4 is 4.74 Å². The predicted octanol–water partition coefficient (Wildman–Crippen LogP) is 4.42. The number of ether oxygens (including phenoxy) is 1. The van der Waals surface area contributed by atoms with Crippen LogP contribution in [0, 0.1) is 13.8 Å². The fraction of sp³-hybridized carbons (Fsp3) is 0.438. The molecule has 4 heteroatoms. The molecular weight excluding hydrogens is 316 g/mol. The molecule has 1 heterocycles. The van der Waals surface area contributed by atoms with Crippen molar-refractivity contribution in [2.75, 3.05) is 0 Å². The standard InChI is InChI=1S/C16H21BrN2O/c1-5-14-16(17)15(19(6-2)18-14)10-20-13-8-11(3)7-12(4)9-13/h7-9H,5-6,10H2,1-4H3. The van der Waals surface area contributed by atoms with Crippen LogP contribution in [0.2, 0.25) is 0 Å². The number of hydrogen-bond acceptors (Lipinski definition) is 2. The van der Waals surface area contributed by atoms with E-state index in [4.69, 9.17) is 4.74 Å². The van der Waals surface area contributed by atoms with E-state index in [1.807, 2.05) is 4.68 Å². The highest BCUT2D eigenvalue weighted by Gasteiger charge is 2.14. The lowest BCUT2D eigenvalue weighted by Crippen LogP contribution is -2.06. The van der Waals surface area contributed by atoms with Gasteiger partial charge in [0.1, 0.15) is 12.4 Å². The molecule has 0 amide bonds. The molecule has 108 valence electrons. The van der Waals surface area contributed by atoms with E-state index in [1.165, 1.54) is 11.1 Å². The molecule has 3 nitrogen and oxygen atoms in total. The van der Waals surface area contributed by atoms with Crippen LogP contribution in [-0.2, 0) is 19.6 Å². The monoisotopic (exact) mass is 336 g/mol. The van der Waals surface area contributed by atoms with Gasteiger partial charge in [0.2, 0.25) is 0 Å². The Balaban J connectivity index is 2.20. The molecule has 0 aliphatic carbocycles. The molecule has 2 rings (SSSR count). The lowest BCUT2D eigenvalue weighted by atomic mass is 10.1. The maximum Gasteiger partial charge on any atom is 0.131 e. The van der Waals surface area contributed by atoms with E-state index in [2.05, 4.69) is 66.9 Å². The van der Waals surface area contributed by atoms with Crippen LogP contribution in [-0.4, -0.2) is 9.78 Å². The minimum Gasteiger partial charge on any atom is -0.487 e. The van der Waals surface area contributed by atoms with Gasteiger partial charge in [0.25, 0.3) is 0 Å². The zero-order valence-electron chi connectivity index (χ0n) is 12.5. The van der Waals surface area contributed by atoms with E-state index in [0.717, 1.165) is 34.6 Å². The molecule has 1 aromatic heterocycles. The molecule has 0 N–H and O–H groups in total. The van der Waals surface area contributed by atoms with E-state index in [-0.39, 0.29) is 0 Å². The SMILES string of the molecule is CCc1nn(CC)c(COc2cc(C)cc(C)c2)c1Br. The molecule has 0 spiro atoms. The van der Waals surface area contributed by atoms with E-state index >= 15 is 0 Å². The summed E-state index contributed by atoms with van der Waals surface area (Å²) in [6, 6.07) is 6.27. The van der Waals surface area contributed by atoms with Crippen LogP contribution in [0.5, 0.6) is 5.75 Å². The first-order valence-corrected chi connectivity index (χ1v) is 7.79. The Bertz CT molecular complexity index is 585. The van der Waals surface area contributed by atoms with E-state index in [0.29, 0.717) is 6.61 Å². The highest BCUT2D eigenvalue weighted by atomic mass is 79.9. The van der Waals surface area contributed by atoms with Gasteiger partial charge in [-0.25, -0.2) is 0 Å². The van der Waals surface area contributed by atoms with Crippen molar-refractivity contribution in [3.05, 3.63) is 45.2 Å². The highest BCUT2D eigenvalue weighted by molar-refractivity contribution is 9.10. The predicted molar refractivity (Wildman–Crippen MR) is 85.2 cm³/mol. The van der Waals surface area contributed by atoms with Crippen LogP contribution in [0.3, 0.4) is 0 Å². The Kier molecular flexibility index (Phi) is 4.86. The first-order valence-electron chi connectivity index (χ1n) is 7.00. The first kappa shape index (κ1) is 15.1. The molecule has 0 saturated carbocycles. The zero-order valence-corrected chi connectivity index (χ0v) is 14.1. The highest BCUT2D eigenvalue weighted by Crippen LogP contribution is 2.24. The normalized spacial score (nSPS) is 10.8. The van der Waals surface area contributed by atoms with E-state index in [1.54, 1.807) is 0 Å². The largest absolute Gasteiger partial charge is 0.487 e. The fourth-order valence-corrected chi connectivity index (χ4v) is 3.00. The van der Waals surface area contributed by atoms with Gasteiger partial charge in [-0.3, -0.25) is 4.68 Å². The van der Waals surface area contributed by atoms with Crippen molar-refractivity contribution in [2.24, 2.45) is 0 Å². The fourth-order valence-electron chi connectivity index (χ4n) is 2.32. The second-order valence-corrected chi connectivity index (χ2v) is 5.78. The molecule has 2 aromatic rings. The van der Waals surface area contributed by atoms with E-state index < -0.39 is 0 Å². The summed E-state index contributed by atoms with van der Waals surface area (Å²) in [7, 11) is 0. The van der Waals surface area contributed by atoms with Gasteiger partial charge in [0.05, 0.1) is 15.9 Å². The Morgan fingerprint density at radius 2 is 1.80 bits per heavy atom. The molecule has 0 aliphatic heterocycles. The van der Waals surface area contributed by atoms with Gasteiger partial charge in [-0.2, -0.15) is 5.10 Å². The molecule has 1 aromatic carbocycles. The third kappa shape index (κ3) is 3.23. The molecule has 0 fully saturated rings. The summed E-state index contributed by atoms with van der Waals surface area (Å²) in [6.07, 6.45) is 0.921. The molecule has 0 radical (unpaired) electrons. The Labute approximate surface area is 129 Å². The third-order valence-corrected chi connectivity index (χ3v) is 4.18. The van der Waals surface area contributed by atoms with Crippen molar-refractivity contribution in [3.63, 3.8) is 0 Å². The Hall–Kier alpha value is -1.29. The third-order valence-electron chi connectivity index (χ3n) is 3.26. The molecule has 0 aliphatic rings. The average Bonchev–Trinajstić information content (AvgIpc) is 2.71. The van der Waals surface area contributed by atoms with Crippen LogP contribution in [0.15, 0.2) is 22.7 Å². The summed E-state index contributed by atoms with van der Waals surface area (Å²) < 4.78 is 9.02. The number of benzene rings is 1. The minimum atomic E-state index is 0.532. The van der Waals surface area contributed by atoms with Crippen LogP contribution in [0.4, 0.5) is 0 Å². The molecular formula is C16H21BrN2O. The number of aromatic nitrogens is 2. The van der Waals surface area contributed by atoms with Crippen LogP contribution >= 0.6 is 15.9 Å². The van der Waals surface area contributed by atoms with E-state index in [9.17, 15) is 0 Å². The van der Waals surface area contributed by atoms with Gasteiger partial charge < -0.3 is 4.74 Å². The maximum absolute atomic E-state index is 5.94. The number of halogens is 1. The van der Waals surface area contributed by atoms with Gasteiger partial charge in [0, 0.05) is 6.54 Å². The number of hydrogen-bond donors (Lipinski definition) is 0. The quantitative estimate of drug-likeness (QED) is 0.807. The minimum absolute atomic E-state index is 0.532. The van der Waals surface area contributed by atoms with Crippen molar-refractivity contribution < 1.29 is 4.74 Å². The lowest BCUT2D eigenvalue weighted by Gasteiger charge is -2.10. The summed E-state index contributed by atoms with van der Waals surface area (Å²) in [4.78, 5) is 0. The van der Waals surface area contributed by atoms with Crippen molar-refractivity contribution >= 4 is 15.9 Å². The van der Waals surface area contributed by atoms with Crippen molar-refractivity contribution in [2.45, 2.75) is 47.3 Å². The van der Waals surface area contributed by atoms with Crippen molar-refractivity contribution in [1.29, 1.82) is 0 Å². The summed E-state index contributed by atoms with van der Waals surface area (Å²) in [6.45, 7) is 9.76. The van der Waals surface area contributed by atoms with Gasteiger partial charge in [-0.05, 0) is 66.4 Å². The first-order chi connectivity index (χ1) is 9.55. The van der Waals surface area contributed by atoms with Crippen LogP contribution in [0.25, 0.3) is 0 Å². The lowest BCUT2D eigenvalue weighted by molar-refractivity contribution is 0.291. The molecule has 0 atom stereocenters. The van der Waals surface area contributed by atoms with Crippen LogP contribution in [0.1, 0.15) is 36.4 Å². The van der Waals surface area contributed by atoms with Crippen molar-refractivity contribution in [1.82, 2.24) is 9.78 Å². The molecule has 0 bridgehead atoms.